The van der Waals surface area contributed by atoms with E-state index in [0.717, 1.165) is 19.3 Å². The van der Waals surface area contributed by atoms with Gasteiger partial charge in [0.15, 0.2) is 0 Å². The minimum atomic E-state index is -0.517. The predicted octanol–water partition coefficient (Wildman–Crippen LogP) is 2.08. The predicted molar refractivity (Wildman–Crippen MR) is 104 cm³/mol. The lowest BCUT2D eigenvalue weighted by Crippen LogP contribution is -2.35. The molecule has 2 rings (SSSR count). The lowest BCUT2D eigenvalue weighted by molar-refractivity contribution is -0.118. The van der Waals surface area contributed by atoms with Crippen molar-refractivity contribution in [1.82, 2.24) is 10.6 Å². The number of allylic oxidation sites excluding steroid dienone is 2. The Morgan fingerprint density at radius 3 is 2.56 bits per heavy atom. The van der Waals surface area contributed by atoms with E-state index < -0.39 is 11.7 Å². The van der Waals surface area contributed by atoms with E-state index in [9.17, 15) is 14.0 Å². The molecule has 6 N–H and O–H groups in total. The highest BCUT2D eigenvalue weighted by molar-refractivity contribution is 5.96. The molecule has 27 heavy (non-hydrogen) atoms. The summed E-state index contributed by atoms with van der Waals surface area (Å²) in [5, 5.41) is 5.57. The lowest BCUT2D eigenvalue weighted by atomic mass is 10.0. The van der Waals surface area contributed by atoms with Gasteiger partial charge < -0.3 is 22.1 Å². The topological polar surface area (TPSA) is 110 Å². The van der Waals surface area contributed by atoms with Crippen LogP contribution in [-0.4, -0.2) is 23.9 Å². The van der Waals surface area contributed by atoms with Crippen molar-refractivity contribution >= 4 is 17.5 Å². The molecule has 1 saturated carbocycles. The monoisotopic (exact) mass is 374 g/mol. The summed E-state index contributed by atoms with van der Waals surface area (Å²) in [7, 11) is 0. The fraction of sp³-hybridized carbons (Fsp3) is 0.400. The van der Waals surface area contributed by atoms with Gasteiger partial charge in [0, 0.05) is 28.9 Å². The Kier molecular flexibility index (Phi) is 6.60. The van der Waals surface area contributed by atoms with E-state index in [2.05, 4.69) is 10.6 Å². The third-order valence-electron chi connectivity index (χ3n) is 4.52. The fourth-order valence-corrected chi connectivity index (χ4v) is 2.36. The lowest BCUT2D eigenvalue weighted by Gasteiger charge is -2.12. The zero-order valence-corrected chi connectivity index (χ0v) is 15.9. The molecule has 0 bridgehead atoms. The van der Waals surface area contributed by atoms with Gasteiger partial charge in [0.05, 0.1) is 5.70 Å². The Bertz CT molecular complexity index is 797. The van der Waals surface area contributed by atoms with Gasteiger partial charge in [0.2, 0.25) is 0 Å². The van der Waals surface area contributed by atoms with Crippen LogP contribution in [-0.2, 0) is 4.79 Å². The van der Waals surface area contributed by atoms with Crippen molar-refractivity contribution in [3.63, 3.8) is 0 Å². The highest BCUT2D eigenvalue weighted by atomic mass is 19.1. The molecule has 0 aromatic heterocycles. The van der Waals surface area contributed by atoms with E-state index in [1.165, 1.54) is 18.2 Å². The zero-order valence-electron chi connectivity index (χ0n) is 15.9. The minimum absolute atomic E-state index is 0.000920. The van der Waals surface area contributed by atoms with Gasteiger partial charge in [-0.25, -0.2) is 4.39 Å². The Labute approximate surface area is 158 Å². The Morgan fingerprint density at radius 1 is 1.30 bits per heavy atom. The molecule has 146 valence electrons. The Hall–Kier alpha value is -2.83. The Morgan fingerprint density at radius 2 is 1.96 bits per heavy atom. The fourth-order valence-electron chi connectivity index (χ4n) is 2.36. The second kappa shape index (κ2) is 8.70. The normalized spacial score (nSPS) is 16.0. The molecular weight excluding hydrogens is 347 g/mol. The third kappa shape index (κ3) is 5.57. The summed E-state index contributed by atoms with van der Waals surface area (Å²) < 4.78 is 14.3. The molecular formula is C20H27FN4O2. The summed E-state index contributed by atoms with van der Waals surface area (Å²) in [6.07, 6.45) is 5.48. The van der Waals surface area contributed by atoms with Gasteiger partial charge in [-0.1, -0.05) is 6.92 Å². The van der Waals surface area contributed by atoms with E-state index >= 15 is 0 Å². The molecule has 6 nitrogen and oxygen atoms in total. The quantitative estimate of drug-likeness (QED) is 0.433. The number of carbonyl (C=O) groups is 2. The number of amides is 2. The summed E-state index contributed by atoms with van der Waals surface area (Å²) in [5.74, 6) is -1.24. The summed E-state index contributed by atoms with van der Waals surface area (Å²) in [6, 6.07) is 2.92. The molecule has 1 unspecified atom stereocenters. The van der Waals surface area contributed by atoms with Crippen LogP contribution in [0.15, 0.2) is 30.0 Å². The van der Waals surface area contributed by atoms with Crippen LogP contribution in [0.25, 0.3) is 5.70 Å². The van der Waals surface area contributed by atoms with Gasteiger partial charge in [0.1, 0.15) is 5.82 Å². The molecule has 1 aliphatic carbocycles. The molecule has 0 saturated heterocycles. The number of rotatable bonds is 7. The highest BCUT2D eigenvalue weighted by Crippen LogP contribution is 2.23. The average Bonchev–Trinajstić information content (AvgIpc) is 3.44. The van der Waals surface area contributed by atoms with Gasteiger partial charge in [-0.3, -0.25) is 9.59 Å². The molecule has 1 aliphatic rings. The van der Waals surface area contributed by atoms with Crippen LogP contribution in [0.4, 0.5) is 4.39 Å². The van der Waals surface area contributed by atoms with Crippen molar-refractivity contribution in [2.75, 3.05) is 0 Å². The standard InChI is InChI=1S/C20H27FN4O2/c1-4-11(2)24-20(27)18(23)8-7-17(22)15-9-13(10-16(21)12(15)3)19(26)25-14-5-6-14/h7-11,14H,4-6,22-23H2,1-3H3,(H,24,27)(H,25,26)/b17-7-,18-8-. The first kappa shape index (κ1) is 20.5. The zero-order chi connectivity index (χ0) is 20.1. The van der Waals surface area contributed by atoms with Crippen molar-refractivity contribution < 1.29 is 14.0 Å². The van der Waals surface area contributed by atoms with E-state index in [1.807, 2.05) is 13.8 Å². The number of halogens is 1. The molecule has 0 radical (unpaired) electrons. The smallest absolute Gasteiger partial charge is 0.267 e. The van der Waals surface area contributed by atoms with Crippen molar-refractivity contribution in [2.45, 2.75) is 52.1 Å². The maximum Gasteiger partial charge on any atom is 0.267 e. The number of hydrogen-bond donors (Lipinski definition) is 4. The molecule has 0 heterocycles. The van der Waals surface area contributed by atoms with E-state index in [0.29, 0.717) is 11.1 Å². The summed E-state index contributed by atoms with van der Waals surface area (Å²) in [5.41, 5.74) is 13.0. The van der Waals surface area contributed by atoms with Crippen molar-refractivity contribution in [2.24, 2.45) is 11.5 Å². The van der Waals surface area contributed by atoms with Crippen LogP contribution in [0.3, 0.4) is 0 Å². The average molecular weight is 374 g/mol. The van der Waals surface area contributed by atoms with E-state index in [1.54, 1.807) is 13.0 Å². The number of nitrogens with one attached hydrogen (secondary N) is 2. The van der Waals surface area contributed by atoms with Crippen LogP contribution in [0.2, 0.25) is 0 Å². The molecule has 0 aliphatic heterocycles. The highest BCUT2D eigenvalue weighted by Gasteiger charge is 2.24. The molecule has 1 aromatic rings. The van der Waals surface area contributed by atoms with Crippen molar-refractivity contribution in [3.8, 4) is 0 Å². The summed E-state index contributed by atoms with van der Waals surface area (Å²) in [4.78, 5) is 24.1. The second-order valence-electron chi connectivity index (χ2n) is 6.91. The SMILES string of the molecule is CCC(C)NC(=O)/C(N)=C/C=C(\N)c1cc(C(=O)NC2CC2)cc(F)c1C. The minimum Gasteiger partial charge on any atom is -0.398 e. The van der Waals surface area contributed by atoms with Crippen LogP contribution >= 0.6 is 0 Å². The maximum atomic E-state index is 14.3. The largest absolute Gasteiger partial charge is 0.398 e. The number of hydrogen-bond acceptors (Lipinski definition) is 4. The molecule has 1 atom stereocenters. The number of carbonyl (C=O) groups excluding carboxylic acids is 2. The first-order valence-corrected chi connectivity index (χ1v) is 9.08. The van der Waals surface area contributed by atoms with Crippen LogP contribution in [0, 0.1) is 12.7 Å². The van der Waals surface area contributed by atoms with Gasteiger partial charge in [-0.05, 0) is 63.0 Å². The molecule has 0 spiro atoms. The molecule has 7 heteroatoms. The van der Waals surface area contributed by atoms with Gasteiger partial charge in [-0.15, -0.1) is 0 Å². The molecule has 2 amide bonds. The third-order valence-corrected chi connectivity index (χ3v) is 4.52. The van der Waals surface area contributed by atoms with E-state index in [-0.39, 0.29) is 34.9 Å². The summed E-state index contributed by atoms with van der Waals surface area (Å²) >= 11 is 0. The van der Waals surface area contributed by atoms with Gasteiger partial charge in [0.25, 0.3) is 11.8 Å². The number of nitrogens with two attached hydrogens (primary N) is 2. The molecule has 1 aromatic carbocycles. The number of benzene rings is 1. The van der Waals surface area contributed by atoms with Crippen LogP contribution in [0.1, 0.15) is 54.6 Å². The molecule has 1 fully saturated rings. The van der Waals surface area contributed by atoms with Gasteiger partial charge in [-0.2, -0.15) is 0 Å². The first-order chi connectivity index (χ1) is 12.7. The van der Waals surface area contributed by atoms with E-state index in [4.69, 9.17) is 11.5 Å². The van der Waals surface area contributed by atoms with Crippen LogP contribution in [0.5, 0.6) is 0 Å². The van der Waals surface area contributed by atoms with Crippen molar-refractivity contribution in [1.29, 1.82) is 0 Å². The van der Waals surface area contributed by atoms with Gasteiger partial charge >= 0.3 is 0 Å². The van der Waals surface area contributed by atoms with Crippen molar-refractivity contribution in [3.05, 3.63) is 52.5 Å². The van der Waals surface area contributed by atoms with Crippen LogP contribution < -0.4 is 22.1 Å². The second-order valence-corrected chi connectivity index (χ2v) is 6.91. The maximum absolute atomic E-state index is 14.3. The Balaban J connectivity index is 2.23. The first-order valence-electron chi connectivity index (χ1n) is 9.08. The summed E-state index contributed by atoms with van der Waals surface area (Å²) in [6.45, 7) is 5.41.